The number of phosphoric ester groups is 1. The lowest BCUT2D eigenvalue weighted by molar-refractivity contribution is -0.137. The maximum Gasteiger partial charge on any atom is 0.474 e. The molecule has 8 heteroatoms. The van der Waals surface area contributed by atoms with Crippen LogP contribution in [0.3, 0.4) is 0 Å². The molecule has 0 bridgehead atoms. The summed E-state index contributed by atoms with van der Waals surface area (Å²) in [5, 5.41) is 8.23. The molecule has 7 nitrogen and oxygen atoms in total. The standard InChI is InChI=1S/C6H15O4P.C6H10O3/c1-4-8-11(7,9-5-2)10-6-3;1-2-6(8)9-5-3-4-7/h4-6H2,1-3H3;2,7H,1,3-5H2. The molecule has 0 aliphatic heterocycles. The van der Waals surface area contributed by atoms with Gasteiger partial charge in [-0.3, -0.25) is 13.6 Å². The molecule has 0 saturated heterocycles. The normalized spacial score (nSPS) is 10.4. The Labute approximate surface area is 120 Å². The zero-order chi connectivity index (χ0) is 15.9. The minimum atomic E-state index is -3.22. The summed E-state index contributed by atoms with van der Waals surface area (Å²) in [4.78, 5) is 10.3. The van der Waals surface area contributed by atoms with E-state index in [4.69, 9.17) is 18.7 Å². The van der Waals surface area contributed by atoms with E-state index in [2.05, 4.69) is 11.3 Å². The van der Waals surface area contributed by atoms with E-state index in [9.17, 15) is 9.36 Å². The van der Waals surface area contributed by atoms with Crippen molar-refractivity contribution in [3.63, 3.8) is 0 Å². The van der Waals surface area contributed by atoms with Crippen molar-refractivity contribution in [2.24, 2.45) is 0 Å². The molecule has 0 fully saturated rings. The second-order valence-electron chi connectivity index (χ2n) is 3.15. The van der Waals surface area contributed by atoms with Crippen LogP contribution in [0.1, 0.15) is 27.2 Å². The van der Waals surface area contributed by atoms with Crippen LogP contribution in [0.25, 0.3) is 0 Å². The minimum absolute atomic E-state index is 0.0461. The van der Waals surface area contributed by atoms with Gasteiger partial charge in [-0.15, -0.1) is 0 Å². The summed E-state index contributed by atoms with van der Waals surface area (Å²) in [5.74, 6) is -0.441. The lowest BCUT2D eigenvalue weighted by Gasteiger charge is -2.14. The summed E-state index contributed by atoms with van der Waals surface area (Å²) in [6, 6.07) is 0. The summed E-state index contributed by atoms with van der Waals surface area (Å²) >= 11 is 0. The number of aliphatic hydroxyl groups excluding tert-OH is 1. The highest BCUT2D eigenvalue weighted by Crippen LogP contribution is 2.48. The molecule has 120 valence electrons. The van der Waals surface area contributed by atoms with Crippen LogP contribution in [-0.2, 0) is 27.7 Å². The largest absolute Gasteiger partial charge is 0.474 e. The maximum absolute atomic E-state index is 11.3. The van der Waals surface area contributed by atoms with Gasteiger partial charge in [-0.05, 0) is 20.8 Å². The molecule has 0 saturated carbocycles. The Kier molecular flexibility index (Phi) is 15.8. The second-order valence-corrected chi connectivity index (χ2v) is 4.82. The van der Waals surface area contributed by atoms with Gasteiger partial charge in [0, 0.05) is 19.1 Å². The quantitative estimate of drug-likeness (QED) is 0.286. The first-order valence-electron chi connectivity index (χ1n) is 6.43. The Morgan fingerprint density at radius 2 is 1.60 bits per heavy atom. The SMILES string of the molecule is C=CC(=O)OCCCO.CCOP(=O)(OCC)OCC. The van der Waals surface area contributed by atoms with Crippen molar-refractivity contribution in [2.45, 2.75) is 27.2 Å². The minimum Gasteiger partial charge on any atom is -0.462 e. The third-order valence-electron chi connectivity index (χ3n) is 1.58. The van der Waals surface area contributed by atoms with Gasteiger partial charge in [-0.1, -0.05) is 6.58 Å². The lowest BCUT2D eigenvalue weighted by atomic mass is 10.5. The van der Waals surface area contributed by atoms with Crippen molar-refractivity contribution in [2.75, 3.05) is 33.0 Å². The van der Waals surface area contributed by atoms with Crippen molar-refractivity contribution in [3.05, 3.63) is 12.7 Å². The van der Waals surface area contributed by atoms with Crippen molar-refractivity contribution in [1.29, 1.82) is 0 Å². The van der Waals surface area contributed by atoms with Gasteiger partial charge in [-0.25, -0.2) is 9.36 Å². The van der Waals surface area contributed by atoms with Gasteiger partial charge in [-0.2, -0.15) is 0 Å². The van der Waals surface area contributed by atoms with Crippen LogP contribution in [0.15, 0.2) is 12.7 Å². The van der Waals surface area contributed by atoms with Crippen LogP contribution in [0.2, 0.25) is 0 Å². The highest BCUT2D eigenvalue weighted by Gasteiger charge is 2.23. The number of aliphatic hydroxyl groups is 1. The first-order chi connectivity index (χ1) is 9.49. The molecule has 0 aliphatic carbocycles. The fourth-order valence-electron chi connectivity index (χ4n) is 0.882. The third kappa shape index (κ3) is 13.7. The summed E-state index contributed by atoms with van der Waals surface area (Å²) in [5.41, 5.74) is 0. The van der Waals surface area contributed by atoms with E-state index in [-0.39, 0.29) is 13.2 Å². The number of phosphoric acid groups is 1. The highest BCUT2D eigenvalue weighted by molar-refractivity contribution is 7.48. The molecule has 0 atom stereocenters. The van der Waals surface area contributed by atoms with Gasteiger partial charge in [0.25, 0.3) is 0 Å². The van der Waals surface area contributed by atoms with Crippen molar-refractivity contribution >= 4 is 13.8 Å². The van der Waals surface area contributed by atoms with Crippen LogP contribution in [-0.4, -0.2) is 44.1 Å². The predicted octanol–water partition coefficient (Wildman–Crippen LogP) is 2.30. The average Bonchev–Trinajstić information content (AvgIpc) is 2.40. The molecule has 0 aliphatic rings. The number of rotatable bonds is 10. The monoisotopic (exact) mass is 312 g/mol. The number of carbonyl (C=O) groups excluding carboxylic acids is 1. The van der Waals surface area contributed by atoms with E-state index in [1.54, 1.807) is 20.8 Å². The molecular weight excluding hydrogens is 287 g/mol. The van der Waals surface area contributed by atoms with E-state index in [1.807, 2.05) is 0 Å². The summed E-state index contributed by atoms with van der Waals surface area (Å²) < 4.78 is 30.3. The van der Waals surface area contributed by atoms with Crippen LogP contribution in [0.4, 0.5) is 0 Å². The van der Waals surface area contributed by atoms with Crippen molar-refractivity contribution in [3.8, 4) is 0 Å². The molecule has 0 aromatic rings. The van der Waals surface area contributed by atoms with E-state index < -0.39 is 13.8 Å². The number of esters is 1. The van der Waals surface area contributed by atoms with Crippen LogP contribution in [0, 0.1) is 0 Å². The smallest absolute Gasteiger partial charge is 0.462 e. The number of hydrogen-bond acceptors (Lipinski definition) is 7. The van der Waals surface area contributed by atoms with E-state index in [1.165, 1.54) is 0 Å². The van der Waals surface area contributed by atoms with Crippen molar-refractivity contribution in [1.82, 2.24) is 0 Å². The number of hydrogen-bond donors (Lipinski definition) is 1. The fraction of sp³-hybridized carbons (Fsp3) is 0.750. The van der Waals surface area contributed by atoms with Gasteiger partial charge in [0.05, 0.1) is 26.4 Å². The molecule has 0 heterocycles. The molecule has 0 unspecified atom stereocenters. The molecule has 1 N–H and O–H groups in total. The Morgan fingerprint density at radius 1 is 1.15 bits per heavy atom. The Hall–Kier alpha value is -0.720. The van der Waals surface area contributed by atoms with Gasteiger partial charge in [0.2, 0.25) is 0 Å². The van der Waals surface area contributed by atoms with Gasteiger partial charge >= 0.3 is 13.8 Å². The first-order valence-corrected chi connectivity index (χ1v) is 7.89. The third-order valence-corrected chi connectivity index (χ3v) is 3.30. The zero-order valence-electron chi connectivity index (χ0n) is 12.4. The molecule has 0 spiro atoms. The summed E-state index contributed by atoms with van der Waals surface area (Å²) in [7, 11) is -3.22. The Morgan fingerprint density at radius 3 is 1.90 bits per heavy atom. The Bertz CT molecular complexity index is 270. The number of ether oxygens (including phenoxy) is 1. The summed E-state index contributed by atoms with van der Waals surface area (Å²) in [6.07, 6.45) is 1.58. The average molecular weight is 312 g/mol. The van der Waals surface area contributed by atoms with E-state index in [0.717, 1.165) is 6.08 Å². The van der Waals surface area contributed by atoms with Crippen LogP contribution < -0.4 is 0 Å². The highest BCUT2D eigenvalue weighted by atomic mass is 31.2. The number of carbonyl (C=O) groups is 1. The van der Waals surface area contributed by atoms with Crippen molar-refractivity contribution < 1.29 is 32.8 Å². The lowest BCUT2D eigenvalue weighted by Crippen LogP contribution is -2.02. The first kappa shape index (κ1) is 21.6. The second kappa shape index (κ2) is 14.7. The predicted molar refractivity (Wildman–Crippen MR) is 75.3 cm³/mol. The van der Waals surface area contributed by atoms with E-state index >= 15 is 0 Å². The van der Waals surface area contributed by atoms with E-state index in [0.29, 0.717) is 26.2 Å². The maximum atomic E-state index is 11.3. The van der Waals surface area contributed by atoms with Crippen LogP contribution in [0.5, 0.6) is 0 Å². The topological polar surface area (TPSA) is 91.3 Å². The molecule has 0 rings (SSSR count). The Balaban J connectivity index is 0. The molecule has 0 radical (unpaired) electrons. The molecule has 0 aromatic carbocycles. The van der Waals surface area contributed by atoms with Gasteiger partial charge < -0.3 is 9.84 Å². The van der Waals surface area contributed by atoms with Gasteiger partial charge in [0.1, 0.15) is 0 Å². The van der Waals surface area contributed by atoms with Gasteiger partial charge in [0.15, 0.2) is 0 Å². The summed E-state index contributed by atoms with van der Waals surface area (Å²) in [6.45, 7) is 9.73. The molecule has 0 amide bonds. The zero-order valence-corrected chi connectivity index (χ0v) is 13.3. The molecule has 20 heavy (non-hydrogen) atoms. The molecule has 0 aromatic heterocycles. The molecular formula is C12H25O7P. The fourth-order valence-corrected chi connectivity index (χ4v) is 2.05. The van der Waals surface area contributed by atoms with Crippen LogP contribution >= 0.6 is 7.82 Å².